The molecule has 0 radical (unpaired) electrons. The fourth-order valence-corrected chi connectivity index (χ4v) is 4.87. The third-order valence-electron chi connectivity index (χ3n) is 4.14. The van der Waals surface area contributed by atoms with Crippen LogP contribution in [-0.4, -0.2) is 31.4 Å². The maximum absolute atomic E-state index is 12.0. The molecule has 0 aromatic carbocycles. The van der Waals surface area contributed by atoms with Gasteiger partial charge in [-0.05, 0) is 25.7 Å². The second-order valence-electron chi connectivity index (χ2n) is 5.57. The summed E-state index contributed by atoms with van der Waals surface area (Å²) in [5, 5.41) is 2.76. The first-order valence-corrected chi connectivity index (χ1v) is 8.80. The molecule has 0 atom stereocenters. The third-order valence-corrected chi connectivity index (χ3v) is 6.40. The minimum Gasteiger partial charge on any atom is -0.353 e. The summed E-state index contributed by atoms with van der Waals surface area (Å²) in [5.74, 6) is -0.0700. The van der Waals surface area contributed by atoms with Gasteiger partial charge in [0.05, 0.1) is 11.0 Å². The van der Waals surface area contributed by atoms with E-state index in [-0.39, 0.29) is 29.4 Å². The summed E-state index contributed by atoms with van der Waals surface area (Å²) in [6, 6.07) is 0.284. The molecule has 1 N–H and O–H groups in total. The Morgan fingerprint density at radius 2 is 1.56 bits per heavy atom. The molecule has 0 heterocycles. The van der Waals surface area contributed by atoms with Crippen LogP contribution in [0.5, 0.6) is 0 Å². The van der Waals surface area contributed by atoms with Crippen molar-refractivity contribution in [1.29, 1.82) is 0 Å². The van der Waals surface area contributed by atoms with Gasteiger partial charge in [-0.3, -0.25) is 4.79 Å². The summed E-state index contributed by atoms with van der Waals surface area (Å²) in [6.45, 7) is 0. The highest BCUT2D eigenvalue weighted by Crippen LogP contribution is 2.25. The number of hydrogen-bond donors (Lipinski definition) is 1. The van der Waals surface area contributed by atoms with Crippen LogP contribution in [0.4, 0.5) is 0 Å². The normalized spacial score (nSPS) is 22.4. The monoisotopic (exact) mass is 273 g/mol. The minimum absolute atomic E-state index is 0.0240. The molecular weight excluding hydrogens is 250 g/mol. The van der Waals surface area contributed by atoms with E-state index in [2.05, 4.69) is 5.32 Å². The highest BCUT2D eigenvalue weighted by atomic mass is 32.2. The van der Waals surface area contributed by atoms with Crippen molar-refractivity contribution in [2.75, 3.05) is 5.75 Å². The lowest BCUT2D eigenvalue weighted by atomic mass is 10.2. The van der Waals surface area contributed by atoms with E-state index in [4.69, 9.17) is 0 Å². The van der Waals surface area contributed by atoms with Crippen LogP contribution in [0.3, 0.4) is 0 Å². The Labute approximate surface area is 109 Å². The smallest absolute Gasteiger partial charge is 0.221 e. The van der Waals surface area contributed by atoms with Crippen LogP contribution in [0.15, 0.2) is 0 Å². The molecule has 4 nitrogen and oxygen atoms in total. The van der Waals surface area contributed by atoms with Crippen LogP contribution < -0.4 is 5.32 Å². The molecule has 0 spiro atoms. The van der Waals surface area contributed by atoms with Gasteiger partial charge in [-0.25, -0.2) is 8.42 Å². The zero-order valence-electron chi connectivity index (χ0n) is 10.9. The van der Waals surface area contributed by atoms with Crippen LogP contribution in [0.2, 0.25) is 0 Å². The Morgan fingerprint density at radius 1 is 1.00 bits per heavy atom. The van der Waals surface area contributed by atoms with E-state index in [0.717, 1.165) is 38.5 Å². The minimum atomic E-state index is -3.05. The van der Waals surface area contributed by atoms with Crippen LogP contribution in [-0.2, 0) is 14.6 Å². The summed E-state index contributed by atoms with van der Waals surface area (Å²) in [4.78, 5) is 11.7. The average Bonchev–Trinajstić information content (AvgIpc) is 2.99. The van der Waals surface area contributed by atoms with Crippen LogP contribution in [0.25, 0.3) is 0 Å². The molecule has 2 aliphatic rings. The molecule has 0 bridgehead atoms. The van der Waals surface area contributed by atoms with Gasteiger partial charge in [0.2, 0.25) is 5.91 Å². The molecule has 2 saturated carbocycles. The Kier molecular flexibility index (Phi) is 4.65. The molecular formula is C13H23NO3S. The topological polar surface area (TPSA) is 63.2 Å². The van der Waals surface area contributed by atoms with Crippen molar-refractivity contribution in [2.24, 2.45) is 0 Å². The molecule has 0 saturated heterocycles. The van der Waals surface area contributed by atoms with Gasteiger partial charge in [-0.15, -0.1) is 0 Å². The van der Waals surface area contributed by atoms with Gasteiger partial charge in [-0.2, -0.15) is 0 Å². The predicted molar refractivity (Wildman–Crippen MR) is 71.1 cm³/mol. The predicted octanol–water partition coefficient (Wildman–Crippen LogP) is 1.79. The number of carbonyl (C=O) groups is 1. The largest absolute Gasteiger partial charge is 0.353 e. The molecule has 5 heteroatoms. The van der Waals surface area contributed by atoms with E-state index in [0.29, 0.717) is 0 Å². The van der Waals surface area contributed by atoms with Crippen molar-refractivity contribution in [1.82, 2.24) is 5.32 Å². The molecule has 0 aromatic heterocycles. The van der Waals surface area contributed by atoms with Crippen molar-refractivity contribution in [2.45, 2.75) is 69.1 Å². The van der Waals surface area contributed by atoms with Crippen molar-refractivity contribution in [3.63, 3.8) is 0 Å². The first-order valence-electron chi connectivity index (χ1n) is 7.09. The first kappa shape index (κ1) is 13.8. The highest BCUT2D eigenvalue weighted by Gasteiger charge is 2.29. The summed E-state index contributed by atoms with van der Waals surface area (Å²) >= 11 is 0. The number of sulfone groups is 1. The van der Waals surface area contributed by atoms with E-state index >= 15 is 0 Å². The lowest BCUT2D eigenvalue weighted by Crippen LogP contribution is -2.34. The van der Waals surface area contributed by atoms with E-state index in [1.807, 2.05) is 0 Å². The highest BCUT2D eigenvalue weighted by molar-refractivity contribution is 7.92. The van der Waals surface area contributed by atoms with Crippen molar-refractivity contribution in [3.8, 4) is 0 Å². The van der Waals surface area contributed by atoms with Gasteiger partial charge in [0.1, 0.15) is 0 Å². The Balaban J connectivity index is 1.74. The quantitative estimate of drug-likeness (QED) is 0.830. The number of hydrogen-bond acceptors (Lipinski definition) is 3. The van der Waals surface area contributed by atoms with Gasteiger partial charge in [0.25, 0.3) is 0 Å². The van der Waals surface area contributed by atoms with Crippen LogP contribution in [0, 0.1) is 0 Å². The molecule has 104 valence electrons. The number of rotatable bonds is 5. The van der Waals surface area contributed by atoms with Gasteiger partial charge in [0, 0.05) is 12.5 Å². The standard InChI is InChI=1S/C13H23NO3S/c15-13(14-11-5-1-2-6-11)9-10-18(16,17)12-7-3-4-8-12/h11-12H,1-10H2,(H,14,15). The Bertz CT molecular complexity index is 379. The van der Waals surface area contributed by atoms with Gasteiger partial charge in [0.15, 0.2) is 9.84 Å². The Morgan fingerprint density at radius 3 is 2.17 bits per heavy atom. The number of nitrogens with one attached hydrogen (secondary N) is 1. The molecule has 2 rings (SSSR count). The maximum Gasteiger partial charge on any atom is 0.221 e. The first-order chi connectivity index (χ1) is 8.58. The number of carbonyl (C=O) groups excluding carboxylic acids is 1. The van der Waals surface area contributed by atoms with Crippen molar-refractivity contribution in [3.05, 3.63) is 0 Å². The molecule has 0 unspecified atom stereocenters. The molecule has 0 aromatic rings. The van der Waals surface area contributed by atoms with E-state index in [1.54, 1.807) is 0 Å². The second-order valence-corrected chi connectivity index (χ2v) is 7.97. The summed E-state index contributed by atoms with van der Waals surface area (Å²) in [6.07, 6.45) is 8.16. The SMILES string of the molecule is O=C(CCS(=O)(=O)C1CCCC1)NC1CCCC1. The van der Waals surface area contributed by atoms with Gasteiger partial charge < -0.3 is 5.32 Å². The number of amides is 1. The fraction of sp³-hybridized carbons (Fsp3) is 0.923. The Hall–Kier alpha value is -0.580. The fourth-order valence-electron chi connectivity index (χ4n) is 3.02. The van der Waals surface area contributed by atoms with Crippen molar-refractivity contribution < 1.29 is 13.2 Å². The molecule has 0 aliphatic heterocycles. The summed E-state index contributed by atoms with van der Waals surface area (Å²) in [5.41, 5.74) is 0. The molecule has 2 fully saturated rings. The van der Waals surface area contributed by atoms with Crippen LogP contribution >= 0.6 is 0 Å². The second kappa shape index (κ2) is 6.04. The zero-order valence-corrected chi connectivity index (χ0v) is 11.7. The lowest BCUT2D eigenvalue weighted by Gasteiger charge is -2.13. The molecule has 18 heavy (non-hydrogen) atoms. The summed E-state index contributed by atoms with van der Waals surface area (Å²) in [7, 11) is -3.05. The zero-order chi connectivity index (χ0) is 13.0. The lowest BCUT2D eigenvalue weighted by molar-refractivity contribution is -0.121. The maximum atomic E-state index is 12.0. The molecule has 2 aliphatic carbocycles. The average molecular weight is 273 g/mol. The molecule has 1 amide bonds. The van der Waals surface area contributed by atoms with E-state index < -0.39 is 9.84 Å². The third kappa shape index (κ3) is 3.70. The summed E-state index contributed by atoms with van der Waals surface area (Å²) < 4.78 is 24.0. The van der Waals surface area contributed by atoms with E-state index in [1.165, 1.54) is 12.8 Å². The van der Waals surface area contributed by atoms with Crippen LogP contribution in [0.1, 0.15) is 57.8 Å². The van der Waals surface area contributed by atoms with E-state index in [9.17, 15) is 13.2 Å². The van der Waals surface area contributed by atoms with Gasteiger partial charge in [-0.1, -0.05) is 25.7 Å². The van der Waals surface area contributed by atoms with Crippen molar-refractivity contribution >= 4 is 15.7 Å². The van der Waals surface area contributed by atoms with Gasteiger partial charge >= 0.3 is 0 Å².